The Morgan fingerprint density at radius 3 is 2.64 bits per heavy atom. The average molecular weight is 170 g/mol. The van der Waals surface area contributed by atoms with Crippen LogP contribution in [0.5, 0.6) is 0 Å². The topological polar surface area (TPSA) is 9.23 Å². The second-order valence-electron chi connectivity index (χ2n) is 3.58. The van der Waals surface area contributed by atoms with Crippen LogP contribution in [0.1, 0.15) is 26.7 Å². The van der Waals surface area contributed by atoms with Crippen molar-refractivity contribution in [1.82, 2.24) is 0 Å². The zero-order valence-electron chi connectivity index (χ0n) is 7.60. The van der Waals surface area contributed by atoms with Crippen molar-refractivity contribution in [2.75, 3.05) is 6.61 Å². The first-order valence-corrected chi connectivity index (χ1v) is 6.38. The molecular weight excluding hydrogens is 152 g/mol. The highest BCUT2D eigenvalue weighted by Gasteiger charge is 2.20. The van der Waals surface area contributed by atoms with Gasteiger partial charge in [-0.05, 0) is 18.4 Å². The van der Waals surface area contributed by atoms with Crippen molar-refractivity contribution in [3.8, 4) is 0 Å². The Kier molecular flexibility index (Phi) is 3.33. The lowest BCUT2D eigenvalue weighted by molar-refractivity contribution is 0.290. The van der Waals surface area contributed by atoms with Gasteiger partial charge in [0.25, 0.3) is 0 Å². The van der Waals surface area contributed by atoms with Crippen LogP contribution in [0, 0.1) is 5.92 Å². The molecule has 0 N–H and O–H groups in total. The Balaban J connectivity index is 2.39. The molecule has 1 aliphatic heterocycles. The van der Waals surface area contributed by atoms with Gasteiger partial charge in [0.15, 0.2) is 0 Å². The van der Waals surface area contributed by atoms with Crippen LogP contribution in [0.4, 0.5) is 0 Å². The second kappa shape index (κ2) is 4.07. The summed E-state index contributed by atoms with van der Waals surface area (Å²) in [6, 6.07) is 1.32. The zero-order valence-corrected chi connectivity index (χ0v) is 8.75. The SMILES string of the molecule is C=C(C(C)C)[SiH]1CCCCO1. The molecule has 1 atom stereocenters. The smallest absolute Gasteiger partial charge is 0.203 e. The van der Waals surface area contributed by atoms with Gasteiger partial charge in [-0.15, -0.1) is 6.58 Å². The predicted octanol–water partition coefficient (Wildman–Crippen LogP) is 2.27. The van der Waals surface area contributed by atoms with Crippen LogP contribution in [0.2, 0.25) is 6.04 Å². The van der Waals surface area contributed by atoms with Gasteiger partial charge in [-0.25, -0.2) is 0 Å². The molecular formula is C9H18OSi. The van der Waals surface area contributed by atoms with Crippen LogP contribution in [0.3, 0.4) is 0 Å². The lowest BCUT2D eigenvalue weighted by atomic mass is 10.2. The summed E-state index contributed by atoms with van der Waals surface area (Å²) in [4.78, 5) is 0. The third-order valence-corrected chi connectivity index (χ3v) is 5.40. The van der Waals surface area contributed by atoms with Gasteiger partial charge in [0.05, 0.1) is 0 Å². The van der Waals surface area contributed by atoms with Crippen LogP contribution in [-0.4, -0.2) is 15.6 Å². The molecule has 1 saturated heterocycles. The molecule has 0 bridgehead atoms. The molecule has 0 aromatic carbocycles. The van der Waals surface area contributed by atoms with E-state index in [0.717, 1.165) is 6.61 Å². The van der Waals surface area contributed by atoms with Crippen molar-refractivity contribution in [2.24, 2.45) is 5.92 Å². The molecule has 2 heteroatoms. The van der Waals surface area contributed by atoms with Gasteiger partial charge >= 0.3 is 0 Å². The molecule has 0 aromatic heterocycles. The highest BCUT2D eigenvalue weighted by molar-refractivity contribution is 6.60. The summed E-state index contributed by atoms with van der Waals surface area (Å²) in [5, 5.41) is 1.41. The van der Waals surface area contributed by atoms with Crippen molar-refractivity contribution in [3.63, 3.8) is 0 Å². The molecule has 1 fully saturated rings. The Hall–Kier alpha value is -0.0831. The standard InChI is InChI=1S/C9H18OSi/c1-8(2)9(3)11-7-5-4-6-10-11/h8,11H,3-7H2,1-2H3. The monoisotopic (exact) mass is 170 g/mol. The lowest BCUT2D eigenvalue weighted by Gasteiger charge is -2.24. The van der Waals surface area contributed by atoms with Crippen molar-refractivity contribution < 1.29 is 4.43 Å². The minimum absolute atomic E-state index is 0.629. The van der Waals surface area contributed by atoms with E-state index in [0.29, 0.717) is 5.92 Å². The van der Waals surface area contributed by atoms with Crippen molar-refractivity contribution >= 4 is 9.04 Å². The molecule has 11 heavy (non-hydrogen) atoms. The van der Waals surface area contributed by atoms with Gasteiger partial charge in [-0.3, -0.25) is 0 Å². The molecule has 0 aliphatic carbocycles. The van der Waals surface area contributed by atoms with Crippen molar-refractivity contribution in [3.05, 3.63) is 11.8 Å². The first-order valence-electron chi connectivity index (χ1n) is 4.52. The minimum atomic E-state index is -0.973. The van der Waals surface area contributed by atoms with Crippen molar-refractivity contribution in [1.29, 1.82) is 0 Å². The number of allylic oxidation sites excluding steroid dienone is 1. The first-order chi connectivity index (χ1) is 5.22. The fraction of sp³-hybridized carbons (Fsp3) is 0.778. The first kappa shape index (κ1) is 9.01. The molecule has 0 spiro atoms. The van der Waals surface area contributed by atoms with E-state index in [9.17, 15) is 0 Å². The Bertz CT molecular complexity index is 136. The van der Waals surface area contributed by atoms with E-state index in [2.05, 4.69) is 20.4 Å². The summed E-state index contributed by atoms with van der Waals surface area (Å²) in [6.45, 7) is 9.53. The van der Waals surface area contributed by atoms with Gasteiger partial charge in [-0.1, -0.05) is 25.5 Å². The molecule has 1 heterocycles. The third kappa shape index (κ3) is 2.45. The highest BCUT2D eigenvalue weighted by atomic mass is 28.3. The fourth-order valence-corrected chi connectivity index (χ4v) is 4.01. The predicted molar refractivity (Wildman–Crippen MR) is 51.1 cm³/mol. The van der Waals surface area contributed by atoms with Gasteiger partial charge in [0.1, 0.15) is 0 Å². The Labute approximate surface area is 71.2 Å². The molecule has 0 amide bonds. The maximum atomic E-state index is 5.74. The zero-order chi connectivity index (χ0) is 8.27. The highest BCUT2D eigenvalue weighted by Crippen LogP contribution is 2.20. The van der Waals surface area contributed by atoms with Crippen LogP contribution in [0.25, 0.3) is 0 Å². The van der Waals surface area contributed by atoms with Gasteiger partial charge < -0.3 is 4.43 Å². The minimum Gasteiger partial charge on any atom is -0.416 e. The summed E-state index contributed by atoms with van der Waals surface area (Å²) in [7, 11) is -0.973. The average Bonchev–Trinajstić information content (AvgIpc) is 2.05. The number of hydrogen-bond acceptors (Lipinski definition) is 1. The van der Waals surface area contributed by atoms with E-state index in [4.69, 9.17) is 4.43 Å². The van der Waals surface area contributed by atoms with Crippen LogP contribution >= 0.6 is 0 Å². The number of hydrogen-bond donors (Lipinski definition) is 0. The molecule has 0 aromatic rings. The maximum absolute atomic E-state index is 5.74. The summed E-state index contributed by atoms with van der Waals surface area (Å²) in [5.41, 5.74) is 0. The number of rotatable bonds is 2. The largest absolute Gasteiger partial charge is 0.416 e. The summed E-state index contributed by atoms with van der Waals surface area (Å²) in [5.74, 6) is 0.629. The molecule has 1 unspecified atom stereocenters. The Morgan fingerprint density at radius 1 is 1.45 bits per heavy atom. The van der Waals surface area contributed by atoms with Gasteiger partial charge in [0.2, 0.25) is 9.04 Å². The van der Waals surface area contributed by atoms with Gasteiger partial charge in [0, 0.05) is 6.61 Å². The van der Waals surface area contributed by atoms with Crippen LogP contribution in [-0.2, 0) is 4.43 Å². The van der Waals surface area contributed by atoms with E-state index >= 15 is 0 Å². The third-order valence-electron chi connectivity index (χ3n) is 2.33. The van der Waals surface area contributed by atoms with E-state index in [1.165, 1.54) is 24.1 Å². The molecule has 64 valence electrons. The summed E-state index contributed by atoms with van der Waals surface area (Å²) >= 11 is 0. The van der Waals surface area contributed by atoms with Crippen LogP contribution < -0.4 is 0 Å². The molecule has 1 rings (SSSR count). The normalized spacial score (nSPS) is 25.5. The summed E-state index contributed by atoms with van der Waals surface area (Å²) in [6.07, 6.45) is 2.62. The molecule has 0 radical (unpaired) electrons. The fourth-order valence-electron chi connectivity index (χ4n) is 1.40. The van der Waals surface area contributed by atoms with E-state index in [-0.39, 0.29) is 0 Å². The van der Waals surface area contributed by atoms with E-state index in [1.54, 1.807) is 0 Å². The molecule has 1 nitrogen and oxygen atoms in total. The molecule has 0 saturated carbocycles. The van der Waals surface area contributed by atoms with Gasteiger partial charge in [-0.2, -0.15) is 0 Å². The second-order valence-corrected chi connectivity index (χ2v) is 6.21. The summed E-state index contributed by atoms with van der Waals surface area (Å²) < 4.78 is 5.74. The van der Waals surface area contributed by atoms with E-state index in [1.807, 2.05) is 0 Å². The Morgan fingerprint density at radius 2 is 2.18 bits per heavy atom. The van der Waals surface area contributed by atoms with Crippen molar-refractivity contribution in [2.45, 2.75) is 32.7 Å². The quantitative estimate of drug-likeness (QED) is 0.578. The van der Waals surface area contributed by atoms with E-state index < -0.39 is 9.04 Å². The lowest BCUT2D eigenvalue weighted by Crippen LogP contribution is -2.27. The maximum Gasteiger partial charge on any atom is 0.203 e. The van der Waals surface area contributed by atoms with Crippen LogP contribution in [0.15, 0.2) is 11.8 Å². The molecule has 1 aliphatic rings.